The summed E-state index contributed by atoms with van der Waals surface area (Å²) in [4.78, 5) is 12.7. The van der Waals surface area contributed by atoms with Crippen LogP contribution in [0.3, 0.4) is 0 Å². The van der Waals surface area contributed by atoms with E-state index in [1.807, 2.05) is 25.1 Å². The molecule has 2 aromatic rings. The van der Waals surface area contributed by atoms with Crippen molar-refractivity contribution in [3.05, 3.63) is 24.3 Å². The summed E-state index contributed by atoms with van der Waals surface area (Å²) in [5.41, 5.74) is 8.21. The summed E-state index contributed by atoms with van der Waals surface area (Å²) in [5.74, 6) is 0.489. The van der Waals surface area contributed by atoms with Crippen molar-refractivity contribution in [3.63, 3.8) is 0 Å². The zero-order valence-corrected chi connectivity index (χ0v) is 10.5. The highest BCUT2D eigenvalue weighted by molar-refractivity contribution is 8.00. The number of benzene rings is 1. The van der Waals surface area contributed by atoms with Crippen LogP contribution in [-0.2, 0) is 4.79 Å². The zero-order valence-electron chi connectivity index (χ0n) is 9.73. The minimum atomic E-state index is -0.0499. The predicted molar refractivity (Wildman–Crippen MR) is 72.4 cm³/mol. The number of aromatic nitrogens is 2. The summed E-state index contributed by atoms with van der Waals surface area (Å²) in [5, 5.41) is 9.60. The second-order valence-corrected chi connectivity index (χ2v) is 5.55. The summed E-state index contributed by atoms with van der Waals surface area (Å²) in [6.07, 6.45) is 0. The number of H-pyrrole nitrogens is 1. The maximum atomic E-state index is 11.6. The highest BCUT2D eigenvalue weighted by Gasteiger charge is 2.23. The van der Waals surface area contributed by atoms with Gasteiger partial charge in [-0.3, -0.25) is 9.89 Å². The van der Waals surface area contributed by atoms with Crippen LogP contribution < -0.4 is 11.1 Å². The average Bonchev–Trinajstić information content (AvgIpc) is 2.77. The summed E-state index contributed by atoms with van der Waals surface area (Å²) in [6.45, 7) is 1.90. The molecule has 0 bridgehead atoms. The maximum absolute atomic E-state index is 11.6. The monoisotopic (exact) mass is 260 g/mol. The molecule has 1 aromatic carbocycles. The highest BCUT2D eigenvalue weighted by atomic mass is 32.2. The molecule has 1 unspecified atom stereocenters. The Hall–Kier alpha value is -1.95. The van der Waals surface area contributed by atoms with E-state index in [9.17, 15) is 4.79 Å². The molecule has 92 valence electrons. The van der Waals surface area contributed by atoms with E-state index >= 15 is 0 Å². The van der Waals surface area contributed by atoms with E-state index in [4.69, 9.17) is 5.73 Å². The summed E-state index contributed by atoms with van der Waals surface area (Å²) in [7, 11) is 0. The molecule has 2 heterocycles. The fraction of sp³-hybridized carbons (Fsp3) is 0.167. The number of carbonyl (C=O) groups excluding carboxylic acids is 1. The van der Waals surface area contributed by atoms with Gasteiger partial charge in [0.25, 0.3) is 0 Å². The number of nitrogens with two attached hydrogens (primary N) is 1. The van der Waals surface area contributed by atoms with Gasteiger partial charge in [-0.15, -0.1) is 11.8 Å². The molecule has 1 atom stereocenters. The third-order valence-corrected chi connectivity index (χ3v) is 4.00. The number of nitrogen functional groups attached to an aromatic ring is 1. The molecule has 0 saturated heterocycles. The van der Waals surface area contributed by atoms with Crippen molar-refractivity contribution in [2.45, 2.75) is 17.1 Å². The van der Waals surface area contributed by atoms with Crippen molar-refractivity contribution in [2.24, 2.45) is 0 Å². The molecule has 3 rings (SSSR count). The van der Waals surface area contributed by atoms with Crippen LogP contribution in [-0.4, -0.2) is 21.4 Å². The number of nitrogens with one attached hydrogen (secondary N) is 2. The fourth-order valence-electron chi connectivity index (χ4n) is 1.86. The summed E-state index contributed by atoms with van der Waals surface area (Å²) >= 11 is 1.57. The molecular formula is C12H12N4OS. The Kier molecular flexibility index (Phi) is 2.52. The lowest BCUT2D eigenvalue weighted by molar-refractivity contribution is -0.115. The van der Waals surface area contributed by atoms with Crippen LogP contribution in [0.25, 0.3) is 11.3 Å². The van der Waals surface area contributed by atoms with Gasteiger partial charge in [-0.05, 0) is 19.1 Å². The Morgan fingerprint density at radius 3 is 2.94 bits per heavy atom. The molecule has 0 radical (unpaired) electrons. The molecule has 5 nitrogen and oxygen atoms in total. The van der Waals surface area contributed by atoms with Gasteiger partial charge in [0.15, 0.2) is 0 Å². The number of hydrogen-bond donors (Lipinski definition) is 3. The van der Waals surface area contributed by atoms with Crippen molar-refractivity contribution in [2.75, 3.05) is 11.1 Å². The number of fused-ring (bicyclic) bond motifs is 1. The van der Waals surface area contributed by atoms with Gasteiger partial charge in [0.2, 0.25) is 5.91 Å². The predicted octanol–water partition coefficient (Wildman–Crippen LogP) is 2.09. The molecule has 1 aromatic heterocycles. The number of rotatable bonds is 1. The normalized spacial score (nSPS) is 18.3. The van der Waals surface area contributed by atoms with Gasteiger partial charge in [0.1, 0.15) is 5.82 Å². The Bertz CT molecular complexity index is 622. The van der Waals surface area contributed by atoms with Gasteiger partial charge in [-0.25, -0.2) is 0 Å². The van der Waals surface area contributed by atoms with Crippen LogP contribution in [0.1, 0.15) is 6.92 Å². The molecule has 18 heavy (non-hydrogen) atoms. The molecule has 6 heteroatoms. The van der Waals surface area contributed by atoms with Gasteiger partial charge < -0.3 is 11.1 Å². The van der Waals surface area contributed by atoms with Gasteiger partial charge in [-0.2, -0.15) is 5.10 Å². The van der Waals surface area contributed by atoms with Crippen LogP contribution in [0, 0.1) is 0 Å². The second-order valence-electron chi connectivity index (χ2n) is 4.17. The van der Waals surface area contributed by atoms with E-state index in [1.165, 1.54) is 0 Å². The topological polar surface area (TPSA) is 83.8 Å². The number of hydrogen-bond acceptors (Lipinski definition) is 4. The van der Waals surface area contributed by atoms with Crippen LogP contribution >= 0.6 is 11.8 Å². The fourth-order valence-corrected chi connectivity index (χ4v) is 2.79. The minimum Gasteiger partial charge on any atom is -0.382 e. The molecule has 4 N–H and O–H groups in total. The third kappa shape index (κ3) is 1.84. The van der Waals surface area contributed by atoms with Crippen LogP contribution in [0.5, 0.6) is 0 Å². The lowest BCUT2D eigenvalue weighted by Gasteiger charge is -2.21. The Morgan fingerprint density at radius 2 is 2.22 bits per heavy atom. The zero-order chi connectivity index (χ0) is 12.7. The number of nitrogens with zero attached hydrogens (tertiary/aromatic N) is 1. The lowest BCUT2D eigenvalue weighted by atomic mass is 10.1. The molecule has 0 spiro atoms. The van der Waals surface area contributed by atoms with E-state index < -0.39 is 0 Å². The quantitative estimate of drug-likeness (QED) is 0.733. The van der Waals surface area contributed by atoms with Gasteiger partial charge in [-0.1, -0.05) is 6.07 Å². The molecule has 0 fully saturated rings. The first-order valence-electron chi connectivity index (χ1n) is 5.56. The number of aromatic amines is 1. The average molecular weight is 260 g/mol. The third-order valence-electron chi connectivity index (χ3n) is 2.82. The Morgan fingerprint density at radius 1 is 1.39 bits per heavy atom. The largest absolute Gasteiger partial charge is 0.382 e. The highest BCUT2D eigenvalue weighted by Crippen LogP contribution is 2.37. The molecule has 0 saturated carbocycles. The standard InChI is InChI=1S/C12H12N4OS/c1-6-12(17)14-9-4-7(2-3-10(9)18-6)8-5-11(13)16-15-8/h2-6H,1H3,(H,14,17)(H3,13,15,16). The maximum Gasteiger partial charge on any atom is 0.237 e. The first-order chi connectivity index (χ1) is 8.63. The van der Waals surface area contributed by atoms with Crippen LogP contribution in [0.4, 0.5) is 11.5 Å². The van der Waals surface area contributed by atoms with Gasteiger partial charge >= 0.3 is 0 Å². The number of amides is 1. The van der Waals surface area contributed by atoms with Crippen molar-refractivity contribution < 1.29 is 4.79 Å². The Labute approximate surface area is 108 Å². The molecule has 1 amide bonds. The van der Waals surface area contributed by atoms with Crippen molar-refractivity contribution in [1.29, 1.82) is 0 Å². The number of carbonyl (C=O) groups is 1. The lowest BCUT2D eigenvalue weighted by Crippen LogP contribution is -2.26. The number of anilines is 2. The molecule has 0 aliphatic carbocycles. The summed E-state index contributed by atoms with van der Waals surface area (Å²) in [6, 6.07) is 7.69. The first-order valence-corrected chi connectivity index (χ1v) is 6.44. The second kappa shape index (κ2) is 4.06. The van der Waals surface area contributed by atoms with E-state index in [-0.39, 0.29) is 11.2 Å². The van der Waals surface area contributed by atoms with E-state index in [1.54, 1.807) is 17.8 Å². The van der Waals surface area contributed by atoms with E-state index in [0.717, 1.165) is 21.8 Å². The smallest absolute Gasteiger partial charge is 0.237 e. The van der Waals surface area contributed by atoms with Crippen LogP contribution in [0.15, 0.2) is 29.2 Å². The van der Waals surface area contributed by atoms with Gasteiger partial charge in [0.05, 0.1) is 16.6 Å². The Balaban J connectivity index is 2.01. The minimum absolute atomic E-state index is 0.0359. The molecule has 1 aliphatic heterocycles. The number of thioether (sulfide) groups is 1. The van der Waals surface area contributed by atoms with Gasteiger partial charge in [0, 0.05) is 16.5 Å². The van der Waals surface area contributed by atoms with Crippen molar-refractivity contribution >= 4 is 29.2 Å². The summed E-state index contributed by atoms with van der Waals surface area (Å²) < 4.78 is 0. The SMILES string of the molecule is CC1Sc2ccc(-c3cc(N)n[nH]3)cc2NC1=O. The van der Waals surface area contributed by atoms with E-state index in [0.29, 0.717) is 5.82 Å². The molecular weight excluding hydrogens is 248 g/mol. The van der Waals surface area contributed by atoms with Crippen molar-refractivity contribution in [3.8, 4) is 11.3 Å². The van der Waals surface area contributed by atoms with E-state index in [2.05, 4.69) is 15.5 Å². The molecule has 1 aliphatic rings. The van der Waals surface area contributed by atoms with Crippen molar-refractivity contribution in [1.82, 2.24) is 10.2 Å². The first kappa shape index (κ1) is 11.2. The van der Waals surface area contributed by atoms with Crippen LogP contribution in [0.2, 0.25) is 0 Å².